The summed E-state index contributed by atoms with van der Waals surface area (Å²) in [5, 5.41) is 0. The van der Waals surface area contributed by atoms with E-state index in [0.29, 0.717) is 26.4 Å². The van der Waals surface area contributed by atoms with Crippen molar-refractivity contribution in [2.45, 2.75) is 83.0 Å². The standard InChI is InChI=1S/C47H53O8P/c1-2-3-19-31-49-47-46(52-35-40-24-13-6-14-25-40)45(51-34-39-22-11-5-12-23-39)44(50-33-38-20-9-4-10-21-38)43(55-47)30-32-56(48,53-36-41-26-15-7-16-27-41)54-37-42-28-17-8-18-29-42/h2,4-18,20-29,43-47H,1,3,19,30-37H2/t43-,44-,45+,46+,47+/m1/s1. The second-order valence-electron chi connectivity index (χ2n) is 13.8. The van der Waals surface area contributed by atoms with Gasteiger partial charge in [-0.1, -0.05) is 158 Å². The fraction of sp³-hybridized carbons (Fsp3) is 0.319. The molecule has 5 aromatic rings. The first-order valence-electron chi connectivity index (χ1n) is 19.4. The summed E-state index contributed by atoms with van der Waals surface area (Å²) in [6.45, 7) is 5.51. The van der Waals surface area contributed by atoms with E-state index in [2.05, 4.69) is 6.58 Å². The van der Waals surface area contributed by atoms with Crippen molar-refractivity contribution in [1.29, 1.82) is 0 Å². The maximum absolute atomic E-state index is 14.7. The van der Waals surface area contributed by atoms with E-state index < -0.39 is 38.3 Å². The lowest BCUT2D eigenvalue weighted by Gasteiger charge is -2.46. The zero-order chi connectivity index (χ0) is 38.7. The molecule has 0 aliphatic carbocycles. The van der Waals surface area contributed by atoms with Crippen molar-refractivity contribution in [2.75, 3.05) is 12.8 Å². The second kappa shape index (κ2) is 22.5. The minimum Gasteiger partial charge on any atom is -0.368 e. The summed E-state index contributed by atoms with van der Waals surface area (Å²) < 4.78 is 60.8. The number of hydrogen-bond donors (Lipinski definition) is 0. The molecule has 1 aliphatic heterocycles. The van der Waals surface area contributed by atoms with E-state index in [9.17, 15) is 4.57 Å². The first-order valence-corrected chi connectivity index (χ1v) is 21.1. The average molecular weight is 777 g/mol. The number of hydrogen-bond acceptors (Lipinski definition) is 8. The monoisotopic (exact) mass is 776 g/mol. The van der Waals surface area contributed by atoms with Crippen molar-refractivity contribution < 1.29 is 37.3 Å². The van der Waals surface area contributed by atoms with Crippen LogP contribution in [-0.4, -0.2) is 43.5 Å². The molecule has 5 atom stereocenters. The van der Waals surface area contributed by atoms with Crippen LogP contribution < -0.4 is 0 Å². The largest absolute Gasteiger partial charge is 0.368 e. The smallest absolute Gasteiger partial charge is 0.331 e. The van der Waals surface area contributed by atoms with Crippen LogP contribution in [0.4, 0.5) is 0 Å². The maximum atomic E-state index is 14.7. The fourth-order valence-electron chi connectivity index (χ4n) is 6.49. The van der Waals surface area contributed by atoms with Gasteiger partial charge in [-0.05, 0) is 47.1 Å². The molecule has 8 nitrogen and oxygen atoms in total. The second-order valence-corrected chi connectivity index (χ2v) is 16.0. The number of benzene rings is 5. The van der Waals surface area contributed by atoms with Crippen molar-refractivity contribution in [3.8, 4) is 0 Å². The highest BCUT2D eigenvalue weighted by atomic mass is 31.2. The quantitative estimate of drug-likeness (QED) is 0.0369. The Hall–Kier alpha value is -4.21. The Balaban J connectivity index is 1.30. The summed E-state index contributed by atoms with van der Waals surface area (Å²) in [6, 6.07) is 49.4. The van der Waals surface area contributed by atoms with Crippen LogP contribution in [-0.2, 0) is 70.3 Å². The van der Waals surface area contributed by atoms with Gasteiger partial charge in [0.15, 0.2) is 6.29 Å². The molecular weight excluding hydrogens is 723 g/mol. The van der Waals surface area contributed by atoms with E-state index in [-0.39, 0.29) is 25.8 Å². The normalized spacial score (nSPS) is 19.8. The molecule has 294 valence electrons. The SMILES string of the molecule is C=CCCCO[C@H]1O[C@H](CCP(=O)(OCc2ccccc2)OCc2ccccc2)[C@@H](OCc2ccccc2)[C@H](OCc2ccccc2)[C@@H]1OCc1ccccc1. The molecule has 0 saturated carbocycles. The third-order valence-electron chi connectivity index (χ3n) is 9.51. The minimum absolute atomic E-state index is 0.0761. The summed E-state index contributed by atoms with van der Waals surface area (Å²) in [7, 11) is -3.68. The number of ether oxygens (including phenoxy) is 5. The number of unbranched alkanes of at least 4 members (excludes halogenated alkanes) is 1. The molecule has 0 aromatic heterocycles. The average Bonchev–Trinajstić information content (AvgIpc) is 3.26. The van der Waals surface area contributed by atoms with Gasteiger partial charge in [0.2, 0.25) is 0 Å². The first kappa shape index (κ1) is 41.4. The lowest BCUT2D eigenvalue weighted by atomic mass is 9.96. The Kier molecular flexibility index (Phi) is 16.7. The Morgan fingerprint density at radius 1 is 0.518 bits per heavy atom. The Bertz CT molecular complexity index is 1820. The van der Waals surface area contributed by atoms with Crippen LogP contribution in [0.1, 0.15) is 47.1 Å². The van der Waals surface area contributed by atoms with Gasteiger partial charge in [0.1, 0.15) is 18.3 Å². The topological polar surface area (TPSA) is 81.7 Å². The minimum atomic E-state index is -3.68. The molecule has 1 saturated heterocycles. The van der Waals surface area contributed by atoms with Gasteiger partial charge < -0.3 is 32.7 Å². The van der Waals surface area contributed by atoms with Crippen molar-refractivity contribution >= 4 is 7.60 Å². The fourth-order valence-corrected chi connectivity index (χ4v) is 8.08. The Morgan fingerprint density at radius 3 is 1.34 bits per heavy atom. The molecule has 6 rings (SSSR count). The molecule has 5 aromatic carbocycles. The zero-order valence-electron chi connectivity index (χ0n) is 31.9. The zero-order valence-corrected chi connectivity index (χ0v) is 32.8. The van der Waals surface area contributed by atoms with Gasteiger partial charge in [0.25, 0.3) is 0 Å². The van der Waals surface area contributed by atoms with Crippen LogP contribution in [0, 0.1) is 0 Å². The molecule has 0 N–H and O–H groups in total. The molecule has 0 unspecified atom stereocenters. The molecule has 56 heavy (non-hydrogen) atoms. The molecule has 1 heterocycles. The molecule has 1 aliphatic rings. The van der Waals surface area contributed by atoms with Crippen LogP contribution in [0.2, 0.25) is 0 Å². The molecule has 0 spiro atoms. The lowest BCUT2D eigenvalue weighted by molar-refractivity contribution is -0.323. The van der Waals surface area contributed by atoms with Crippen LogP contribution in [0.15, 0.2) is 164 Å². The molecule has 0 bridgehead atoms. The summed E-state index contributed by atoms with van der Waals surface area (Å²) in [5.74, 6) is 0. The van der Waals surface area contributed by atoms with E-state index in [0.717, 1.165) is 40.7 Å². The predicted molar refractivity (Wildman–Crippen MR) is 219 cm³/mol. The van der Waals surface area contributed by atoms with E-state index in [1.54, 1.807) is 0 Å². The van der Waals surface area contributed by atoms with Gasteiger partial charge in [-0.2, -0.15) is 0 Å². The Labute approximate surface area is 331 Å². The van der Waals surface area contributed by atoms with Crippen molar-refractivity contribution in [3.63, 3.8) is 0 Å². The van der Waals surface area contributed by atoms with Gasteiger partial charge in [0, 0.05) is 0 Å². The summed E-state index contributed by atoms with van der Waals surface area (Å²) >= 11 is 0. The Morgan fingerprint density at radius 2 is 0.911 bits per heavy atom. The highest BCUT2D eigenvalue weighted by Gasteiger charge is 2.49. The summed E-state index contributed by atoms with van der Waals surface area (Å²) in [5.41, 5.74) is 4.82. The van der Waals surface area contributed by atoms with Crippen LogP contribution in [0.5, 0.6) is 0 Å². The maximum Gasteiger partial charge on any atom is 0.331 e. The van der Waals surface area contributed by atoms with Gasteiger partial charge in [0.05, 0.1) is 51.9 Å². The number of allylic oxidation sites excluding steroid dienone is 1. The van der Waals surface area contributed by atoms with Crippen LogP contribution >= 0.6 is 7.60 Å². The molecule has 9 heteroatoms. The summed E-state index contributed by atoms with van der Waals surface area (Å²) in [6.07, 6.45) is 0.451. The predicted octanol–water partition coefficient (Wildman–Crippen LogP) is 10.5. The number of rotatable bonds is 23. The molecule has 1 fully saturated rings. The van der Waals surface area contributed by atoms with Crippen molar-refractivity contribution in [3.05, 3.63) is 192 Å². The van der Waals surface area contributed by atoms with Gasteiger partial charge in [-0.25, -0.2) is 0 Å². The third kappa shape index (κ3) is 13.2. The van der Waals surface area contributed by atoms with Crippen LogP contribution in [0.3, 0.4) is 0 Å². The molecular formula is C47H53O8P. The van der Waals surface area contributed by atoms with Crippen LogP contribution in [0.25, 0.3) is 0 Å². The molecule has 0 amide bonds. The van der Waals surface area contributed by atoms with E-state index in [4.69, 9.17) is 32.7 Å². The summed E-state index contributed by atoms with van der Waals surface area (Å²) in [4.78, 5) is 0. The first-order chi connectivity index (χ1) is 27.6. The molecule has 0 radical (unpaired) electrons. The van der Waals surface area contributed by atoms with Crippen molar-refractivity contribution in [2.24, 2.45) is 0 Å². The highest BCUT2D eigenvalue weighted by molar-refractivity contribution is 7.53. The van der Waals surface area contributed by atoms with Gasteiger partial charge in [-0.3, -0.25) is 4.57 Å². The third-order valence-corrected chi connectivity index (χ3v) is 11.4. The van der Waals surface area contributed by atoms with Gasteiger partial charge >= 0.3 is 7.60 Å². The highest BCUT2D eigenvalue weighted by Crippen LogP contribution is 2.51. The van der Waals surface area contributed by atoms with Crippen molar-refractivity contribution in [1.82, 2.24) is 0 Å². The lowest BCUT2D eigenvalue weighted by Crippen LogP contribution is -2.61. The van der Waals surface area contributed by atoms with E-state index in [1.807, 2.05) is 158 Å². The van der Waals surface area contributed by atoms with E-state index in [1.165, 1.54) is 0 Å². The van der Waals surface area contributed by atoms with E-state index >= 15 is 0 Å². The van der Waals surface area contributed by atoms with Gasteiger partial charge in [-0.15, -0.1) is 6.58 Å².